The van der Waals surface area contributed by atoms with Crippen molar-refractivity contribution in [3.63, 3.8) is 0 Å². The Bertz CT molecular complexity index is 644. The molecule has 2 rings (SSSR count). The van der Waals surface area contributed by atoms with Crippen LogP contribution in [0.5, 0.6) is 5.75 Å². The minimum Gasteiger partial charge on any atom is -0.496 e. The second-order valence-corrected chi connectivity index (χ2v) is 5.45. The zero-order valence-corrected chi connectivity index (χ0v) is 13.0. The number of hydrogen-bond donors (Lipinski definition) is 1. The van der Waals surface area contributed by atoms with Crippen molar-refractivity contribution in [2.75, 3.05) is 7.11 Å². The first-order valence-electron chi connectivity index (χ1n) is 6.08. The van der Waals surface area contributed by atoms with E-state index in [1.54, 1.807) is 13.2 Å². The minimum atomic E-state index is -0.899. The van der Waals surface area contributed by atoms with Gasteiger partial charge in [-0.3, -0.25) is 4.98 Å². The van der Waals surface area contributed by atoms with Crippen molar-refractivity contribution in [1.29, 1.82) is 0 Å². The van der Waals surface area contributed by atoms with Gasteiger partial charge in [0.2, 0.25) is 0 Å². The Morgan fingerprint density at radius 2 is 1.85 bits per heavy atom. The number of aryl methyl sites for hydroxylation is 2. The van der Waals surface area contributed by atoms with E-state index in [1.165, 1.54) is 6.20 Å². The lowest BCUT2D eigenvalue weighted by Crippen LogP contribution is -2.06. The second kappa shape index (κ2) is 6.00. The number of benzene rings is 1. The van der Waals surface area contributed by atoms with Gasteiger partial charge < -0.3 is 9.84 Å². The Morgan fingerprint density at radius 3 is 2.45 bits per heavy atom. The summed E-state index contributed by atoms with van der Waals surface area (Å²) in [4.78, 5) is 4.12. The van der Waals surface area contributed by atoms with Crippen molar-refractivity contribution in [3.05, 3.63) is 56.8 Å². The van der Waals surface area contributed by atoms with E-state index in [1.807, 2.05) is 26.0 Å². The van der Waals surface area contributed by atoms with E-state index in [0.717, 1.165) is 22.4 Å². The molecule has 0 aliphatic carbocycles. The largest absolute Gasteiger partial charge is 0.496 e. The molecule has 5 heteroatoms. The SMILES string of the molecule is COc1cc(C)c(C(O)c2ncc(Cl)cc2Cl)cc1C. The number of hydrogen-bond acceptors (Lipinski definition) is 3. The van der Waals surface area contributed by atoms with Crippen LogP contribution in [0.4, 0.5) is 0 Å². The molecule has 0 amide bonds. The summed E-state index contributed by atoms with van der Waals surface area (Å²) < 4.78 is 5.26. The van der Waals surface area contributed by atoms with Gasteiger partial charge in [-0.2, -0.15) is 0 Å². The summed E-state index contributed by atoms with van der Waals surface area (Å²) in [5.74, 6) is 0.786. The zero-order chi connectivity index (χ0) is 14.9. The van der Waals surface area contributed by atoms with Crippen molar-refractivity contribution >= 4 is 23.2 Å². The third kappa shape index (κ3) is 2.90. The first-order chi connectivity index (χ1) is 9.43. The fraction of sp³-hybridized carbons (Fsp3) is 0.267. The number of nitrogens with zero attached hydrogens (tertiary/aromatic N) is 1. The van der Waals surface area contributed by atoms with Gasteiger partial charge in [-0.05, 0) is 48.7 Å². The molecule has 0 spiro atoms. The Balaban J connectivity index is 2.48. The molecule has 0 aliphatic rings. The van der Waals surface area contributed by atoms with Crippen LogP contribution in [0, 0.1) is 13.8 Å². The molecule has 0 bridgehead atoms. The highest BCUT2D eigenvalue weighted by atomic mass is 35.5. The first kappa shape index (κ1) is 15.1. The standard InChI is InChI=1S/C15H15Cl2NO2/c1-8-5-13(20-3)9(2)4-11(8)15(19)14-12(17)6-10(16)7-18-14/h4-7,15,19H,1-3H3. The van der Waals surface area contributed by atoms with Gasteiger partial charge >= 0.3 is 0 Å². The number of aliphatic hydroxyl groups excluding tert-OH is 1. The maximum Gasteiger partial charge on any atom is 0.123 e. The molecule has 1 atom stereocenters. The van der Waals surface area contributed by atoms with Crippen molar-refractivity contribution in [2.45, 2.75) is 20.0 Å². The molecule has 0 fully saturated rings. The molecule has 1 aromatic heterocycles. The van der Waals surface area contributed by atoms with Gasteiger partial charge in [-0.1, -0.05) is 23.2 Å². The quantitative estimate of drug-likeness (QED) is 0.928. The van der Waals surface area contributed by atoms with Gasteiger partial charge in [0.15, 0.2) is 0 Å². The van der Waals surface area contributed by atoms with Crippen molar-refractivity contribution in [2.24, 2.45) is 0 Å². The van der Waals surface area contributed by atoms with E-state index in [2.05, 4.69) is 4.98 Å². The molecular formula is C15H15Cl2NO2. The van der Waals surface area contributed by atoms with E-state index >= 15 is 0 Å². The summed E-state index contributed by atoms with van der Waals surface area (Å²) in [5.41, 5.74) is 2.99. The van der Waals surface area contributed by atoms with E-state index in [4.69, 9.17) is 27.9 Å². The molecule has 2 aromatic rings. The lowest BCUT2D eigenvalue weighted by Gasteiger charge is -2.17. The molecule has 1 unspecified atom stereocenters. The van der Waals surface area contributed by atoms with Crippen LogP contribution in [0.15, 0.2) is 24.4 Å². The lowest BCUT2D eigenvalue weighted by molar-refractivity contribution is 0.214. The maximum absolute atomic E-state index is 10.5. The van der Waals surface area contributed by atoms with E-state index in [9.17, 15) is 5.11 Å². The minimum absolute atomic E-state index is 0.345. The number of halogens is 2. The predicted octanol–water partition coefficient (Wildman–Crippen LogP) is 4.10. The van der Waals surface area contributed by atoms with E-state index < -0.39 is 6.10 Å². The zero-order valence-electron chi connectivity index (χ0n) is 11.4. The summed E-state index contributed by atoms with van der Waals surface area (Å²) >= 11 is 11.9. The van der Waals surface area contributed by atoms with Gasteiger partial charge in [0.25, 0.3) is 0 Å². The fourth-order valence-electron chi connectivity index (χ4n) is 2.10. The Kier molecular flexibility index (Phi) is 4.53. The molecule has 106 valence electrons. The summed E-state index contributed by atoms with van der Waals surface area (Å²) in [6, 6.07) is 5.34. The van der Waals surface area contributed by atoms with Crippen LogP contribution in [-0.2, 0) is 0 Å². The van der Waals surface area contributed by atoms with Crippen LogP contribution in [0.25, 0.3) is 0 Å². The van der Waals surface area contributed by atoms with Gasteiger partial charge in [-0.25, -0.2) is 0 Å². The van der Waals surface area contributed by atoms with Crippen molar-refractivity contribution in [1.82, 2.24) is 4.98 Å². The fourth-order valence-corrected chi connectivity index (χ4v) is 2.58. The third-order valence-electron chi connectivity index (χ3n) is 3.17. The molecule has 0 aliphatic heterocycles. The van der Waals surface area contributed by atoms with E-state index in [0.29, 0.717) is 15.7 Å². The molecule has 1 heterocycles. The van der Waals surface area contributed by atoms with Crippen molar-refractivity contribution < 1.29 is 9.84 Å². The smallest absolute Gasteiger partial charge is 0.123 e. The van der Waals surface area contributed by atoms with Crippen LogP contribution in [0.2, 0.25) is 10.0 Å². The summed E-state index contributed by atoms with van der Waals surface area (Å²) in [6.07, 6.45) is 0.571. The molecule has 0 saturated carbocycles. The molecule has 1 N–H and O–H groups in total. The maximum atomic E-state index is 10.5. The first-order valence-corrected chi connectivity index (χ1v) is 6.83. The third-order valence-corrected chi connectivity index (χ3v) is 3.68. The average Bonchev–Trinajstić information content (AvgIpc) is 2.40. The van der Waals surface area contributed by atoms with Gasteiger partial charge in [-0.15, -0.1) is 0 Å². The molecule has 20 heavy (non-hydrogen) atoms. The van der Waals surface area contributed by atoms with E-state index in [-0.39, 0.29) is 0 Å². The highest BCUT2D eigenvalue weighted by molar-refractivity contribution is 6.34. The summed E-state index contributed by atoms with van der Waals surface area (Å²) in [5, 5.41) is 11.3. The molecule has 1 aromatic carbocycles. The highest BCUT2D eigenvalue weighted by Gasteiger charge is 2.19. The number of pyridine rings is 1. The van der Waals surface area contributed by atoms with Gasteiger partial charge in [0.05, 0.1) is 22.8 Å². The molecule has 0 radical (unpaired) electrons. The van der Waals surface area contributed by atoms with Crippen LogP contribution in [0.3, 0.4) is 0 Å². The average molecular weight is 312 g/mol. The highest BCUT2D eigenvalue weighted by Crippen LogP contribution is 2.32. The summed E-state index contributed by atoms with van der Waals surface area (Å²) in [6.45, 7) is 3.83. The Morgan fingerprint density at radius 1 is 1.15 bits per heavy atom. The number of methoxy groups -OCH3 is 1. The molecular weight excluding hydrogens is 297 g/mol. The van der Waals surface area contributed by atoms with Crippen LogP contribution >= 0.6 is 23.2 Å². The van der Waals surface area contributed by atoms with Gasteiger partial charge in [0, 0.05) is 6.20 Å². The van der Waals surface area contributed by atoms with Crippen LogP contribution in [0.1, 0.15) is 28.5 Å². The topological polar surface area (TPSA) is 42.4 Å². The molecule has 0 saturated heterocycles. The molecule has 3 nitrogen and oxygen atoms in total. The Hall–Kier alpha value is -1.29. The number of aromatic nitrogens is 1. The number of rotatable bonds is 3. The van der Waals surface area contributed by atoms with Crippen molar-refractivity contribution in [3.8, 4) is 5.75 Å². The second-order valence-electron chi connectivity index (χ2n) is 4.60. The number of aliphatic hydroxyl groups is 1. The normalized spacial score (nSPS) is 12.3. The lowest BCUT2D eigenvalue weighted by atomic mass is 9.98. The predicted molar refractivity (Wildman–Crippen MR) is 80.8 cm³/mol. The Labute approximate surface area is 128 Å². The van der Waals surface area contributed by atoms with Gasteiger partial charge in [0.1, 0.15) is 11.9 Å². The van der Waals surface area contributed by atoms with Crippen LogP contribution < -0.4 is 4.74 Å². The monoisotopic (exact) mass is 311 g/mol. The van der Waals surface area contributed by atoms with Crippen LogP contribution in [-0.4, -0.2) is 17.2 Å². The summed E-state index contributed by atoms with van der Waals surface area (Å²) in [7, 11) is 1.62. The number of ether oxygens (including phenoxy) is 1.